The summed E-state index contributed by atoms with van der Waals surface area (Å²) in [5.74, 6) is 0. The van der Waals surface area contributed by atoms with Crippen LogP contribution in [0.15, 0.2) is 0 Å². The van der Waals surface area contributed by atoms with Gasteiger partial charge in [0.1, 0.15) is 0 Å². The predicted octanol–water partition coefficient (Wildman–Crippen LogP) is 5.37. The average Bonchev–Trinajstić information content (AvgIpc) is 2.63. The zero-order valence-electron chi connectivity index (χ0n) is 19.0. The summed E-state index contributed by atoms with van der Waals surface area (Å²) in [5, 5.41) is 0. The van der Waals surface area contributed by atoms with Crippen molar-refractivity contribution in [3.8, 4) is 0 Å². The van der Waals surface area contributed by atoms with Gasteiger partial charge in [0, 0.05) is 0 Å². The minimum absolute atomic E-state index is 0. The van der Waals surface area contributed by atoms with Gasteiger partial charge < -0.3 is 17.3 Å². The monoisotopic (exact) mass is 585 g/mol. The van der Waals surface area contributed by atoms with Gasteiger partial charge in [-0.3, -0.25) is 0 Å². The van der Waals surface area contributed by atoms with Crippen LogP contribution in [0.1, 0.15) is 136 Å². The maximum absolute atomic E-state index is 2.79. The van der Waals surface area contributed by atoms with E-state index in [0.29, 0.717) is 0 Å². The largest absolute Gasteiger partial charge is 1.00 e. The second-order valence-corrected chi connectivity index (χ2v) is 8.14. The first kappa shape index (κ1) is 32.6. The van der Waals surface area contributed by atoms with Crippen LogP contribution >= 0.6 is 0 Å². The third kappa shape index (κ3) is 27.0. The van der Waals surface area contributed by atoms with E-state index in [1.54, 1.807) is 0 Å². The van der Waals surface area contributed by atoms with Crippen LogP contribution in [0.3, 0.4) is 0 Å². The molecule has 0 amide bonds. The Labute approximate surface area is 195 Å². The van der Waals surface area contributed by atoms with Gasteiger partial charge in [0.2, 0.25) is 0 Å². The first-order valence-electron chi connectivity index (χ1n) is 12.1. The molecule has 27 heavy (non-hydrogen) atoms. The molecule has 0 rings (SSSR count). The van der Waals surface area contributed by atoms with Gasteiger partial charge in [0.05, 0.1) is 0 Å². The van der Waals surface area contributed by atoms with Crippen LogP contribution in [0.4, 0.5) is 0 Å². The molecule has 0 aromatic carbocycles. The molecule has 0 aliphatic heterocycles. The van der Waals surface area contributed by atoms with Crippen LogP contribution in [0.2, 0.25) is 0 Å². The van der Waals surface area contributed by atoms with Gasteiger partial charge in [0.15, 0.2) is 0 Å². The van der Waals surface area contributed by atoms with E-state index in [1.165, 1.54) is 135 Å². The summed E-state index contributed by atoms with van der Waals surface area (Å²) < 4.78 is 0. The van der Waals surface area contributed by atoms with E-state index < -0.39 is 0 Å². The average molecular weight is 586 g/mol. The number of hydrogen-bond donors (Lipinski definition) is 0. The molecule has 0 aromatic rings. The van der Waals surface area contributed by atoms with E-state index in [2.05, 4.69) is 25.7 Å². The molecule has 0 saturated heterocycles. The second kappa shape index (κ2) is 29.2. The third-order valence-electron chi connectivity index (χ3n) is 5.48. The molecule has 0 aromatic heterocycles. The Hall–Kier alpha value is 0.990. The quantitative estimate of drug-likeness (QED) is 0.129. The van der Waals surface area contributed by atoms with Crippen molar-refractivity contribution in [3.63, 3.8) is 0 Å². The van der Waals surface area contributed by atoms with E-state index in [9.17, 15) is 0 Å². The summed E-state index contributed by atoms with van der Waals surface area (Å²) in [6.45, 7) is 11.0. The molecule has 170 valence electrons. The van der Waals surface area contributed by atoms with E-state index in [0.717, 1.165) is 0 Å². The van der Waals surface area contributed by atoms with Crippen LogP contribution in [-0.2, 0) is 22.4 Å². The van der Waals surface area contributed by atoms with Crippen LogP contribution in [-0.4, -0.2) is 24.5 Å². The van der Waals surface area contributed by atoms with Gasteiger partial charge in [-0.1, -0.05) is 117 Å². The molecule has 0 radical (unpaired) electrons. The predicted molar refractivity (Wildman–Crippen MR) is 117 cm³/mol. The molecule has 0 spiro atoms. The third-order valence-corrected chi connectivity index (χ3v) is 5.48. The minimum Gasteiger partial charge on any atom is -1.00 e. The van der Waals surface area contributed by atoms with Gasteiger partial charge in [-0.05, 0) is 38.9 Å². The molecular weight excluding hydrogens is 535 g/mol. The van der Waals surface area contributed by atoms with Crippen molar-refractivity contribution in [2.75, 3.05) is 19.6 Å². The van der Waals surface area contributed by atoms with Gasteiger partial charge in [0.25, 0.3) is 0 Å². The summed E-state index contributed by atoms with van der Waals surface area (Å²) in [4.78, 5) is 2.79. The number of rotatable bonds is 21. The summed E-state index contributed by atoms with van der Waals surface area (Å²) in [6, 6.07) is 0. The van der Waals surface area contributed by atoms with Gasteiger partial charge in [-0.15, -0.1) is 0 Å². The number of hydrogen-bond acceptors (Lipinski definition) is 1. The molecule has 3 heteroatoms. The Morgan fingerprint density at radius 1 is 0.370 bits per heavy atom. The summed E-state index contributed by atoms with van der Waals surface area (Å²) in [5.41, 5.74) is 0. The van der Waals surface area contributed by atoms with Crippen molar-refractivity contribution in [2.45, 2.75) is 136 Å². The van der Waals surface area contributed by atoms with Crippen LogP contribution in [0.5, 0.6) is 0 Å². The Bertz CT molecular complexity index is 200. The summed E-state index contributed by atoms with van der Waals surface area (Å²) in [6.07, 6.45) is 25.7. The van der Waals surface area contributed by atoms with E-state index in [1.807, 2.05) is 0 Å². The standard InChI is InChI=1S/C24H51N.Au.ClH/c1-4-7-10-13-16-19-22-25(23-20-17-14-11-8-5-2)24-21-18-15-12-9-6-3;;/h4-24H2,1-3H3;;1H/q;+1;/p-1. The van der Waals surface area contributed by atoms with Crippen molar-refractivity contribution in [1.29, 1.82) is 0 Å². The van der Waals surface area contributed by atoms with Crippen molar-refractivity contribution < 1.29 is 34.8 Å². The summed E-state index contributed by atoms with van der Waals surface area (Å²) in [7, 11) is 0. The van der Waals surface area contributed by atoms with Crippen LogP contribution < -0.4 is 12.4 Å². The molecule has 0 heterocycles. The molecule has 1 nitrogen and oxygen atoms in total. The Balaban J connectivity index is -0.00000288. The smallest absolute Gasteiger partial charge is 1.00 e. The normalized spacial score (nSPS) is 10.7. The zero-order chi connectivity index (χ0) is 18.4. The molecule has 0 unspecified atom stereocenters. The number of nitrogens with zero attached hydrogens (tertiary/aromatic N) is 1. The molecule has 0 N–H and O–H groups in total. The van der Waals surface area contributed by atoms with Crippen molar-refractivity contribution in [3.05, 3.63) is 0 Å². The minimum atomic E-state index is 0. The molecule has 0 bridgehead atoms. The first-order valence-corrected chi connectivity index (χ1v) is 12.1. The molecule has 0 saturated carbocycles. The van der Waals surface area contributed by atoms with Gasteiger partial charge >= 0.3 is 22.4 Å². The van der Waals surface area contributed by atoms with Crippen molar-refractivity contribution in [1.82, 2.24) is 4.90 Å². The van der Waals surface area contributed by atoms with Gasteiger partial charge in [-0.25, -0.2) is 0 Å². The topological polar surface area (TPSA) is 3.24 Å². The molecule has 0 aliphatic carbocycles. The zero-order valence-corrected chi connectivity index (χ0v) is 21.9. The van der Waals surface area contributed by atoms with Crippen LogP contribution in [0.25, 0.3) is 0 Å². The maximum Gasteiger partial charge on any atom is 1.00 e. The first-order chi connectivity index (χ1) is 12.3. The number of halogens is 1. The fourth-order valence-corrected chi connectivity index (χ4v) is 3.68. The second-order valence-electron chi connectivity index (χ2n) is 8.14. The van der Waals surface area contributed by atoms with Crippen molar-refractivity contribution >= 4 is 0 Å². The Morgan fingerprint density at radius 3 is 0.852 bits per heavy atom. The molecular formula is C24H51AuClN. The van der Waals surface area contributed by atoms with Crippen molar-refractivity contribution in [2.24, 2.45) is 0 Å². The number of unbranched alkanes of at least 4 members (excludes halogenated alkanes) is 15. The fraction of sp³-hybridized carbons (Fsp3) is 1.00. The Morgan fingerprint density at radius 2 is 0.593 bits per heavy atom. The summed E-state index contributed by atoms with van der Waals surface area (Å²) >= 11 is 0. The maximum atomic E-state index is 2.79. The molecule has 0 atom stereocenters. The molecule has 0 fully saturated rings. The van der Waals surface area contributed by atoms with Crippen LogP contribution in [0, 0.1) is 0 Å². The fourth-order valence-electron chi connectivity index (χ4n) is 3.68. The van der Waals surface area contributed by atoms with E-state index in [4.69, 9.17) is 0 Å². The van der Waals surface area contributed by atoms with Gasteiger partial charge in [-0.2, -0.15) is 0 Å². The SMILES string of the molecule is CCCCCCCCN(CCCCCCCC)CCCCCCCC.[Au+].[Cl-]. The Kier molecular flexibility index (Phi) is 35.3. The molecule has 0 aliphatic rings. The van der Waals surface area contributed by atoms with E-state index in [-0.39, 0.29) is 34.8 Å². The van der Waals surface area contributed by atoms with E-state index >= 15 is 0 Å².